The van der Waals surface area contributed by atoms with Crippen molar-refractivity contribution in [1.82, 2.24) is 20.2 Å². The second kappa shape index (κ2) is 8.26. The second-order valence-electron chi connectivity index (χ2n) is 6.95. The topological polar surface area (TPSA) is 103 Å². The second-order valence-corrected chi connectivity index (χ2v) is 6.95. The summed E-state index contributed by atoms with van der Waals surface area (Å²) in [4.78, 5) is 11.5. The molecule has 1 aliphatic heterocycles. The maximum atomic E-state index is 9.94. The molecule has 8 heteroatoms. The molecule has 1 atom stereocenters. The van der Waals surface area contributed by atoms with Crippen LogP contribution in [0.25, 0.3) is 12.2 Å². The van der Waals surface area contributed by atoms with Crippen LogP contribution in [0.1, 0.15) is 36.5 Å². The van der Waals surface area contributed by atoms with E-state index in [-0.39, 0.29) is 6.10 Å². The maximum Gasteiger partial charge on any atom is 0.156 e. The summed E-state index contributed by atoms with van der Waals surface area (Å²) in [5.41, 5.74) is 0.969. The van der Waals surface area contributed by atoms with Crippen LogP contribution in [0.5, 0.6) is 0 Å². The zero-order valence-corrected chi connectivity index (χ0v) is 15.8. The first-order valence-electron chi connectivity index (χ1n) is 9.48. The van der Waals surface area contributed by atoms with E-state index in [0.717, 1.165) is 49.6 Å². The summed E-state index contributed by atoms with van der Waals surface area (Å²) in [6, 6.07) is 7.56. The smallest absolute Gasteiger partial charge is 0.156 e. The molecule has 3 aromatic rings. The number of aromatic nitrogens is 4. The molecule has 3 aromatic heterocycles. The van der Waals surface area contributed by atoms with E-state index in [2.05, 4.69) is 25.4 Å². The van der Waals surface area contributed by atoms with Crippen molar-refractivity contribution >= 4 is 29.6 Å². The van der Waals surface area contributed by atoms with E-state index in [1.54, 1.807) is 6.26 Å². The van der Waals surface area contributed by atoms with Gasteiger partial charge in [0, 0.05) is 30.9 Å². The Hall–Kier alpha value is -3.13. The number of nitrogens with one attached hydrogen (secondary N) is 2. The fourth-order valence-electron chi connectivity index (χ4n) is 3.22. The number of anilines is 3. The van der Waals surface area contributed by atoms with E-state index in [9.17, 15) is 5.11 Å². The molecule has 146 valence electrons. The van der Waals surface area contributed by atoms with E-state index < -0.39 is 0 Å². The lowest BCUT2D eigenvalue weighted by Crippen LogP contribution is -2.26. The van der Waals surface area contributed by atoms with E-state index in [1.165, 1.54) is 0 Å². The van der Waals surface area contributed by atoms with Gasteiger partial charge in [0.25, 0.3) is 0 Å². The van der Waals surface area contributed by atoms with Gasteiger partial charge in [0.2, 0.25) is 0 Å². The molecule has 0 aromatic carbocycles. The van der Waals surface area contributed by atoms with E-state index in [4.69, 9.17) is 9.40 Å². The fourth-order valence-corrected chi connectivity index (χ4v) is 3.22. The molecule has 0 saturated carbocycles. The highest BCUT2D eigenvalue weighted by atomic mass is 16.3. The van der Waals surface area contributed by atoms with Gasteiger partial charge >= 0.3 is 0 Å². The van der Waals surface area contributed by atoms with Gasteiger partial charge in [-0.3, -0.25) is 5.10 Å². The van der Waals surface area contributed by atoms with Crippen molar-refractivity contribution in [2.75, 3.05) is 23.3 Å². The number of furan rings is 1. The van der Waals surface area contributed by atoms with Crippen LogP contribution in [0.2, 0.25) is 0 Å². The average Bonchev–Trinajstić information content (AvgIpc) is 3.29. The Bertz CT molecular complexity index is 934. The van der Waals surface area contributed by atoms with Crippen LogP contribution in [-0.2, 0) is 0 Å². The molecule has 1 saturated heterocycles. The molecule has 28 heavy (non-hydrogen) atoms. The molecule has 0 amide bonds. The molecular weight excluding hydrogens is 356 g/mol. The Kier molecular flexibility index (Phi) is 5.38. The standard InChI is InChI=1S/C20H24N6O2/c1-14-12-19(25-24-14)22-18-13-20(26-9-2-4-15(27)8-10-26)23-17(21-18)7-6-16-5-3-11-28-16/h3,5-7,11-13,15,27H,2,4,8-10H2,1H3,(H2,21,22,23,24,25)/b7-6+. The zero-order valence-electron chi connectivity index (χ0n) is 15.8. The molecule has 1 fully saturated rings. The highest BCUT2D eigenvalue weighted by Crippen LogP contribution is 2.23. The number of hydrogen-bond donors (Lipinski definition) is 3. The quantitative estimate of drug-likeness (QED) is 0.623. The lowest BCUT2D eigenvalue weighted by atomic mass is 10.2. The monoisotopic (exact) mass is 380 g/mol. The van der Waals surface area contributed by atoms with Gasteiger partial charge in [-0.15, -0.1) is 0 Å². The van der Waals surface area contributed by atoms with Crippen LogP contribution < -0.4 is 10.2 Å². The molecule has 0 spiro atoms. The normalized spacial score (nSPS) is 17.8. The van der Waals surface area contributed by atoms with Crippen LogP contribution in [0, 0.1) is 6.92 Å². The van der Waals surface area contributed by atoms with Crippen molar-refractivity contribution in [3.8, 4) is 0 Å². The number of hydrogen-bond acceptors (Lipinski definition) is 7. The first kappa shape index (κ1) is 18.2. The highest BCUT2D eigenvalue weighted by Gasteiger charge is 2.17. The van der Waals surface area contributed by atoms with Gasteiger partial charge in [0.05, 0.1) is 12.4 Å². The number of aryl methyl sites for hydroxylation is 1. The third-order valence-corrected chi connectivity index (χ3v) is 4.65. The summed E-state index contributed by atoms with van der Waals surface area (Å²) < 4.78 is 5.35. The van der Waals surface area contributed by atoms with Crippen molar-refractivity contribution in [3.63, 3.8) is 0 Å². The van der Waals surface area contributed by atoms with E-state index in [0.29, 0.717) is 17.5 Å². The Labute approximate surface area is 163 Å². The molecular formula is C20H24N6O2. The molecule has 4 rings (SSSR count). The molecule has 3 N–H and O–H groups in total. The highest BCUT2D eigenvalue weighted by molar-refractivity contribution is 5.67. The number of rotatable bonds is 5. The van der Waals surface area contributed by atoms with Crippen molar-refractivity contribution in [1.29, 1.82) is 0 Å². The molecule has 0 aliphatic carbocycles. The van der Waals surface area contributed by atoms with Crippen LogP contribution in [0.4, 0.5) is 17.5 Å². The van der Waals surface area contributed by atoms with Crippen LogP contribution in [-0.4, -0.2) is 44.5 Å². The minimum absolute atomic E-state index is 0.241. The van der Waals surface area contributed by atoms with Crippen LogP contribution >= 0.6 is 0 Å². The molecule has 1 unspecified atom stereocenters. The lowest BCUT2D eigenvalue weighted by molar-refractivity contribution is 0.161. The molecule has 4 heterocycles. The summed E-state index contributed by atoms with van der Waals surface area (Å²) in [5.74, 6) is 3.52. The average molecular weight is 380 g/mol. The number of aromatic amines is 1. The van der Waals surface area contributed by atoms with Crippen molar-refractivity contribution in [2.45, 2.75) is 32.3 Å². The zero-order chi connectivity index (χ0) is 19.3. The Morgan fingerprint density at radius 2 is 2.14 bits per heavy atom. The summed E-state index contributed by atoms with van der Waals surface area (Å²) in [6.45, 7) is 3.57. The Morgan fingerprint density at radius 3 is 2.93 bits per heavy atom. The van der Waals surface area contributed by atoms with Gasteiger partial charge in [-0.05, 0) is 50.5 Å². The minimum Gasteiger partial charge on any atom is -0.465 e. The fraction of sp³-hybridized carbons (Fsp3) is 0.350. The van der Waals surface area contributed by atoms with Gasteiger partial charge in [-0.25, -0.2) is 9.97 Å². The third-order valence-electron chi connectivity index (χ3n) is 4.65. The molecule has 1 aliphatic rings. The molecule has 0 radical (unpaired) electrons. The summed E-state index contributed by atoms with van der Waals surface area (Å²) in [7, 11) is 0. The van der Waals surface area contributed by atoms with Gasteiger partial charge in [-0.2, -0.15) is 5.10 Å². The SMILES string of the molecule is Cc1cc(Nc2cc(N3CCCC(O)CC3)nc(/C=C/c3ccco3)n2)n[nH]1. The predicted octanol–water partition coefficient (Wildman–Crippen LogP) is 3.37. The van der Waals surface area contributed by atoms with Crippen LogP contribution in [0.15, 0.2) is 34.9 Å². The predicted molar refractivity (Wildman–Crippen MR) is 108 cm³/mol. The summed E-state index contributed by atoms with van der Waals surface area (Å²) >= 11 is 0. The number of aliphatic hydroxyl groups is 1. The molecule has 8 nitrogen and oxygen atoms in total. The van der Waals surface area contributed by atoms with Gasteiger partial charge < -0.3 is 19.7 Å². The van der Waals surface area contributed by atoms with Crippen molar-refractivity contribution in [2.24, 2.45) is 0 Å². The van der Waals surface area contributed by atoms with Gasteiger partial charge in [0.1, 0.15) is 17.4 Å². The van der Waals surface area contributed by atoms with Gasteiger partial charge in [0.15, 0.2) is 11.6 Å². The minimum atomic E-state index is -0.241. The van der Waals surface area contributed by atoms with Crippen molar-refractivity contribution < 1.29 is 9.52 Å². The Balaban J connectivity index is 1.63. The number of H-pyrrole nitrogens is 1. The summed E-state index contributed by atoms with van der Waals surface area (Å²) in [6.07, 6.45) is 7.56. The Morgan fingerprint density at radius 1 is 1.21 bits per heavy atom. The molecule has 0 bridgehead atoms. The van der Waals surface area contributed by atoms with Crippen LogP contribution in [0.3, 0.4) is 0 Å². The van der Waals surface area contributed by atoms with Crippen molar-refractivity contribution in [3.05, 3.63) is 47.8 Å². The first-order chi connectivity index (χ1) is 13.7. The van der Waals surface area contributed by atoms with E-state index >= 15 is 0 Å². The summed E-state index contributed by atoms with van der Waals surface area (Å²) in [5, 5.41) is 20.3. The first-order valence-corrected chi connectivity index (χ1v) is 9.48. The maximum absolute atomic E-state index is 9.94. The van der Waals surface area contributed by atoms with Gasteiger partial charge in [-0.1, -0.05) is 0 Å². The number of nitrogens with zero attached hydrogens (tertiary/aromatic N) is 4. The third kappa shape index (κ3) is 4.58. The largest absolute Gasteiger partial charge is 0.465 e. The van der Waals surface area contributed by atoms with E-state index in [1.807, 2.05) is 43.3 Å². The lowest BCUT2D eigenvalue weighted by Gasteiger charge is -2.22. The number of aliphatic hydroxyl groups excluding tert-OH is 1.